The SMILES string of the molecule is Cc1cc(C)cc(C(=O)O[C@@H]2C[C@H]3C[C@H](Cl)C[C@@H]2N3[O])c1. The Morgan fingerprint density at radius 3 is 2.52 bits per heavy atom. The molecule has 0 aliphatic carbocycles. The summed E-state index contributed by atoms with van der Waals surface area (Å²) in [6.07, 6.45) is 1.52. The largest absolute Gasteiger partial charge is 0.457 e. The number of piperidine rings is 1. The number of benzene rings is 1. The lowest BCUT2D eigenvalue weighted by atomic mass is 10.0. The Balaban J connectivity index is 1.73. The van der Waals surface area contributed by atoms with Gasteiger partial charge in [-0.15, -0.1) is 21.9 Å². The molecule has 3 rings (SSSR count). The van der Waals surface area contributed by atoms with Gasteiger partial charge in [0.1, 0.15) is 6.10 Å². The van der Waals surface area contributed by atoms with Crippen LogP contribution in [-0.2, 0) is 9.94 Å². The molecule has 0 N–H and O–H groups in total. The van der Waals surface area contributed by atoms with E-state index in [4.69, 9.17) is 16.3 Å². The molecule has 0 unspecified atom stereocenters. The zero-order valence-corrected chi connectivity index (χ0v) is 13.0. The first-order valence-electron chi connectivity index (χ1n) is 7.33. The second-order valence-corrected chi connectivity index (χ2v) is 6.82. The van der Waals surface area contributed by atoms with E-state index in [1.54, 1.807) is 0 Å². The van der Waals surface area contributed by atoms with Gasteiger partial charge in [-0.1, -0.05) is 17.2 Å². The topological polar surface area (TPSA) is 49.4 Å². The summed E-state index contributed by atoms with van der Waals surface area (Å²) >= 11 is 6.17. The van der Waals surface area contributed by atoms with Crippen LogP contribution in [0.4, 0.5) is 0 Å². The van der Waals surface area contributed by atoms with Crippen molar-refractivity contribution in [2.24, 2.45) is 0 Å². The zero-order chi connectivity index (χ0) is 15.1. The molecular formula is C16H19ClNO3. The van der Waals surface area contributed by atoms with Crippen molar-refractivity contribution in [1.82, 2.24) is 5.06 Å². The van der Waals surface area contributed by atoms with E-state index in [1.807, 2.05) is 32.0 Å². The first-order chi connectivity index (χ1) is 9.94. The van der Waals surface area contributed by atoms with Gasteiger partial charge in [-0.3, -0.25) is 0 Å². The summed E-state index contributed by atoms with van der Waals surface area (Å²) in [6.45, 7) is 3.90. The molecule has 0 saturated carbocycles. The van der Waals surface area contributed by atoms with Crippen molar-refractivity contribution in [3.63, 3.8) is 0 Å². The van der Waals surface area contributed by atoms with Crippen molar-refractivity contribution in [2.45, 2.75) is 56.7 Å². The molecule has 0 amide bonds. The van der Waals surface area contributed by atoms with E-state index in [0.29, 0.717) is 24.8 Å². The lowest BCUT2D eigenvalue weighted by Gasteiger charge is -2.30. The Bertz CT molecular complexity index is 542. The fraction of sp³-hybridized carbons (Fsp3) is 0.562. The number of nitrogens with zero attached hydrogens (tertiary/aromatic N) is 1. The highest BCUT2D eigenvalue weighted by Crippen LogP contribution is 2.38. The number of halogens is 1. The number of esters is 1. The average Bonchev–Trinajstić information content (AvgIpc) is 2.57. The third-order valence-corrected chi connectivity index (χ3v) is 4.72. The number of rotatable bonds is 2. The third-order valence-electron chi connectivity index (χ3n) is 4.36. The molecule has 2 aliphatic heterocycles. The number of hydrogen-bond donors (Lipinski definition) is 0. The normalized spacial score (nSPS) is 32.2. The first kappa shape index (κ1) is 14.8. The Kier molecular flexibility index (Phi) is 3.95. The summed E-state index contributed by atoms with van der Waals surface area (Å²) in [4.78, 5) is 12.3. The maximum Gasteiger partial charge on any atom is 0.338 e. The molecule has 1 aromatic carbocycles. The summed E-state index contributed by atoms with van der Waals surface area (Å²) < 4.78 is 5.60. The van der Waals surface area contributed by atoms with E-state index in [-0.39, 0.29) is 29.5 Å². The minimum Gasteiger partial charge on any atom is -0.457 e. The van der Waals surface area contributed by atoms with Crippen molar-refractivity contribution >= 4 is 17.6 Å². The molecule has 1 radical (unpaired) electrons. The lowest BCUT2D eigenvalue weighted by molar-refractivity contribution is -0.212. The molecule has 0 aromatic heterocycles. The van der Waals surface area contributed by atoms with Gasteiger partial charge in [0.2, 0.25) is 0 Å². The van der Waals surface area contributed by atoms with Gasteiger partial charge in [-0.05, 0) is 38.8 Å². The maximum atomic E-state index is 12.3. The van der Waals surface area contributed by atoms with E-state index in [0.717, 1.165) is 16.2 Å². The minimum atomic E-state index is -0.348. The Labute approximate surface area is 129 Å². The van der Waals surface area contributed by atoms with E-state index in [9.17, 15) is 10.0 Å². The van der Waals surface area contributed by atoms with E-state index >= 15 is 0 Å². The number of ether oxygens (including phenoxy) is 1. The first-order valence-corrected chi connectivity index (χ1v) is 7.76. The van der Waals surface area contributed by atoms with Gasteiger partial charge in [-0.25, -0.2) is 4.79 Å². The van der Waals surface area contributed by atoms with Crippen molar-refractivity contribution < 1.29 is 14.7 Å². The van der Waals surface area contributed by atoms with Crippen LogP contribution in [0.15, 0.2) is 18.2 Å². The molecule has 2 saturated heterocycles. The third kappa shape index (κ3) is 2.93. The standard InChI is InChI=1S/C16H19ClNO3/c1-9-3-10(2)5-11(4-9)16(19)21-15-8-13-6-12(17)7-14(15)18(13)20/h3-5,12-15H,6-8H2,1-2H3/t12-,13+,14-,15+/m0/s1. The van der Waals surface area contributed by atoms with E-state index < -0.39 is 0 Å². The number of hydroxylamine groups is 2. The quantitative estimate of drug-likeness (QED) is 0.623. The Morgan fingerprint density at radius 1 is 1.19 bits per heavy atom. The van der Waals surface area contributed by atoms with Crippen molar-refractivity contribution in [2.75, 3.05) is 0 Å². The summed E-state index contributed by atoms with van der Waals surface area (Å²) in [5.41, 5.74) is 2.60. The number of fused-ring (bicyclic) bond motifs is 2. The molecular weight excluding hydrogens is 290 g/mol. The lowest BCUT2D eigenvalue weighted by Crippen LogP contribution is -2.43. The highest BCUT2D eigenvalue weighted by Gasteiger charge is 2.49. The van der Waals surface area contributed by atoms with Crippen molar-refractivity contribution in [1.29, 1.82) is 0 Å². The Morgan fingerprint density at radius 2 is 1.86 bits per heavy atom. The van der Waals surface area contributed by atoms with Gasteiger partial charge >= 0.3 is 5.97 Å². The summed E-state index contributed by atoms with van der Waals surface area (Å²) in [5, 5.41) is 13.1. The average molecular weight is 309 g/mol. The molecule has 1 aromatic rings. The van der Waals surface area contributed by atoms with Crippen LogP contribution in [0.25, 0.3) is 0 Å². The van der Waals surface area contributed by atoms with Gasteiger partial charge in [0.05, 0.1) is 11.6 Å². The number of aryl methyl sites for hydroxylation is 2. The minimum absolute atomic E-state index is 0.00937. The molecule has 21 heavy (non-hydrogen) atoms. The number of hydrogen-bond acceptors (Lipinski definition) is 3. The van der Waals surface area contributed by atoms with Crippen LogP contribution in [0, 0.1) is 13.8 Å². The van der Waals surface area contributed by atoms with E-state index in [2.05, 4.69) is 0 Å². The van der Waals surface area contributed by atoms with Crippen LogP contribution in [-0.4, -0.2) is 34.6 Å². The molecule has 4 nitrogen and oxygen atoms in total. The molecule has 0 spiro atoms. The summed E-state index contributed by atoms with van der Waals surface area (Å²) in [6, 6.07) is 5.24. The van der Waals surface area contributed by atoms with Crippen LogP contribution in [0.3, 0.4) is 0 Å². The monoisotopic (exact) mass is 308 g/mol. The highest BCUT2D eigenvalue weighted by molar-refractivity contribution is 6.20. The van der Waals surface area contributed by atoms with Crippen LogP contribution in [0.2, 0.25) is 0 Å². The molecule has 2 aliphatic rings. The van der Waals surface area contributed by atoms with Crippen LogP contribution in [0.1, 0.15) is 40.7 Å². The molecule has 113 valence electrons. The van der Waals surface area contributed by atoms with E-state index in [1.165, 1.54) is 0 Å². The number of carbonyl (C=O) groups excluding carboxylic acids is 1. The molecule has 4 atom stereocenters. The summed E-state index contributed by atoms with van der Waals surface area (Å²) in [5.74, 6) is -0.348. The molecule has 2 bridgehead atoms. The number of alkyl halides is 1. The van der Waals surface area contributed by atoms with Gasteiger partial charge in [0, 0.05) is 17.8 Å². The van der Waals surface area contributed by atoms with Crippen LogP contribution in [0.5, 0.6) is 0 Å². The van der Waals surface area contributed by atoms with Crippen molar-refractivity contribution in [3.05, 3.63) is 34.9 Å². The van der Waals surface area contributed by atoms with Crippen LogP contribution < -0.4 is 0 Å². The number of carbonyl (C=O) groups is 1. The van der Waals surface area contributed by atoms with Crippen molar-refractivity contribution in [3.8, 4) is 0 Å². The van der Waals surface area contributed by atoms with Gasteiger partial charge in [0.15, 0.2) is 0 Å². The fourth-order valence-corrected chi connectivity index (χ4v) is 3.89. The van der Waals surface area contributed by atoms with Gasteiger partial charge in [-0.2, -0.15) is 0 Å². The summed E-state index contributed by atoms with van der Waals surface area (Å²) in [7, 11) is 0. The predicted octanol–water partition coefficient (Wildman–Crippen LogP) is 3.02. The zero-order valence-electron chi connectivity index (χ0n) is 12.2. The van der Waals surface area contributed by atoms with Gasteiger partial charge < -0.3 is 4.74 Å². The molecule has 2 fully saturated rings. The van der Waals surface area contributed by atoms with Crippen LogP contribution >= 0.6 is 11.6 Å². The second-order valence-electron chi connectivity index (χ2n) is 6.21. The highest BCUT2D eigenvalue weighted by atomic mass is 35.5. The smallest absolute Gasteiger partial charge is 0.338 e. The molecule has 5 heteroatoms. The molecule has 2 heterocycles. The maximum absolute atomic E-state index is 12.3. The Hall–Kier alpha value is -1.10. The fourth-order valence-electron chi connectivity index (χ4n) is 3.50. The predicted molar refractivity (Wildman–Crippen MR) is 78.7 cm³/mol. The van der Waals surface area contributed by atoms with Gasteiger partial charge in [0.25, 0.3) is 0 Å². The second kappa shape index (κ2) is 5.59.